The minimum absolute atomic E-state index is 0.268. The van der Waals surface area contributed by atoms with Crippen LogP contribution in [0.15, 0.2) is 58.3 Å². The van der Waals surface area contributed by atoms with Gasteiger partial charge in [0.2, 0.25) is 0 Å². The molecule has 0 spiro atoms. The van der Waals surface area contributed by atoms with E-state index in [9.17, 15) is 9.59 Å². The maximum absolute atomic E-state index is 12.7. The van der Waals surface area contributed by atoms with Crippen molar-refractivity contribution in [2.75, 3.05) is 0 Å². The third-order valence-electron chi connectivity index (χ3n) is 5.09. The standard InChI is InChI=1S/C23H21ClN4O3/c1-14-20-18(27-28-22(29)16-6-2-7-17(24)11-16)8-3-9-19(20)31-21(14)23(30)26-13-15-5-4-10-25-12-15/h2,4-7,10-12H,3,8-9,13H2,1H3,(H,26,30)(H,28,29)/b27-18+. The van der Waals surface area contributed by atoms with Crippen LogP contribution in [0.4, 0.5) is 0 Å². The summed E-state index contributed by atoms with van der Waals surface area (Å²) in [4.78, 5) is 29.1. The number of hydrogen-bond acceptors (Lipinski definition) is 5. The van der Waals surface area contributed by atoms with Gasteiger partial charge in [0.25, 0.3) is 11.8 Å². The predicted octanol–water partition coefficient (Wildman–Crippen LogP) is 4.04. The number of benzene rings is 1. The molecular formula is C23H21ClN4O3. The molecule has 1 aromatic carbocycles. The predicted molar refractivity (Wildman–Crippen MR) is 117 cm³/mol. The Morgan fingerprint density at radius 1 is 1.19 bits per heavy atom. The summed E-state index contributed by atoms with van der Waals surface area (Å²) in [5, 5.41) is 7.67. The summed E-state index contributed by atoms with van der Waals surface area (Å²) < 4.78 is 5.89. The van der Waals surface area contributed by atoms with Gasteiger partial charge in [-0.15, -0.1) is 0 Å². The van der Waals surface area contributed by atoms with E-state index < -0.39 is 0 Å². The average molecular weight is 437 g/mol. The molecule has 2 heterocycles. The van der Waals surface area contributed by atoms with Gasteiger partial charge in [0, 0.05) is 47.1 Å². The molecule has 0 radical (unpaired) electrons. The number of amides is 2. The van der Waals surface area contributed by atoms with Gasteiger partial charge in [-0.05, 0) is 49.6 Å². The highest BCUT2D eigenvalue weighted by atomic mass is 35.5. The molecule has 1 aliphatic rings. The molecule has 0 fully saturated rings. The molecule has 31 heavy (non-hydrogen) atoms. The number of pyridine rings is 1. The summed E-state index contributed by atoms with van der Waals surface area (Å²) in [5.74, 6) is 0.339. The van der Waals surface area contributed by atoms with Crippen molar-refractivity contribution in [1.82, 2.24) is 15.7 Å². The van der Waals surface area contributed by atoms with Crippen molar-refractivity contribution in [3.05, 3.63) is 87.6 Å². The highest BCUT2D eigenvalue weighted by Gasteiger charge is 2.28. The summed E-state index contributed by atoms with van der Waals surface area (Å²) in [7, 11) is 0. The fourth-order valence-corrected chi connectivity index (χ4v) is 3.76. The molecule has 0 atom stereocenters. The second kappa shape index (κ2) is 9.14. The smallest absolute Gasteiger partial charge is 0.287 e. The molecule has 0 bridgehead atoms. The van der Waals surface area contributed by atoms with Crippen LogP contribution in [0.25, 0.3) is 0 Å². The maximum atomic E-state index is 12.7. The van der Waals surface area contributed by atoms with E-state index in [-0.39, 0.29) is 17.6 Å². The first-order chi connectivity index (χ1) is 15.0. The Morgan fingerprint density at radius 3 is 2.84 bits per heavy atom. The molecule has 4 rings (SSSR count). The SMILES string of the molecule is Cc1c(C(=O)NCc2cccnc2)oc2c1/C(=N/NC(=O)c1cccc(Cl)c1)CCC2. The van der Waals surface area contributed by atoms with E-state index in [2.05, 4.69) is 20.8 Å². The van der Waals surface area contributed by atoms with E-state index in [0.717, 1.165) is 17.5 Å². The number of hydrazone groups is 1. The Balaban J connectivity index is 1.51. The summed E-state index contributed by atoms with van der Waals surface area (Å²) in [6.07, 6.45) is 5.60. The van der Waals surface area contributed by atoms with Gasteiger partial charge in [0.05, 0.1) is 5.71 Å². The number of aromatic nitrogens is 1. The minimum atomic E-state index is -0.349. The topological polar surface area (TPSA) is 96.6 Å². The van der Waals surface area contributed by atoms with Crippen LogP contribution in [-0.4, -0.2) is 22.5 Å². The second-order valence-corrected chi connectivity index (χ2v) is 7.70. The number of aryl methyl sites for hydroxylation is 1. The number of hydrogen-bond donors (Lipinski definition) is 2. The number of halogens is 1. The van der Waals surface area contributed by atoms with Crippen LogP contribution in [0.3, 0.4) is 0 Å². The first kappa shape index (κ1) is 20.8. The normalized spacial score (nSPS) is 14.2. The van der Waals surface area contributed by atoms with E-state index in [0.29, 0.717) is 47.0 Å². The first-order valence-corrected chi connectivity index (χ1v) is 10.3. The molecule has 2 N–H and O–H groups in total. The molecule has 1 aliphatic carbocycles. The molecule has 0 saturated heterocycles. The van der Waals surface area contributed by atoms with Crippen LogP contribution in [0.2, 0.25) is 5.02 Å². The molecule has 7 nitrogen and oxygen atoms in total. The van der Waals surface area contributed by atoms with E-state index in [1.165, 1.54) is 0 Å². The van der Waals surface area contributed by atoms with Crippen LogP contribution in [-0.2, 0) is 13.0 Å². The number of nitrogens with one attached hydrogen (secondary N) is 2. The minimum Gasteiger partial charge on any atom is -0.455 e. The van der Waals surface area contributed by atoms with Crippen molar-refractivity contribution < 1.29 is 14.0 Å². The van der Waals surface area contributed by atoms with Gasteiger partial charge < -0.3 is 9.73 Å². The van der Waals surface area contributed by atoms with Gasteiger partial charge in [-0.1, -0.05) is 23.7 Å². The fourth-order valence-electron chi connectivity index (χ4n) is 3.57. The Bertz CT molecular complexity index is 1150. The molecule has 2 amide bonds. The lowest BCUT2D eigenvalue weighted by Gasteiger charge is -2.13. The van der Waals surface area contributed by atoms with Crippen molar-refractivity contribution in [3.63, 3.8) is 0 Å². The number of nitrogens with zero attached hydrogens (tertiary/aromatic N) is 2. The van der Waals surface area contributed by atoms with Crippen LogP contribution in [0.5, 0.6) is 0 Å². The lowest BCUT2D eigenvalue weighted by Crippen LogP contribution is -2.23. The number of carbonyl (C=O) groups excluding carboxylic acids is 2. The van der Waals surface area contributed by atoms with Crippen LogP contribution < -0.4 is 10.7 Å². The summed E-state index contributed by atoms with van der Waals surface area (Å²) in [6.45, 7) is 2.19. The zero-order chi connectivity index (χ0) is 21.8. The van der Waals surface area contributed by atoms with Crippen molar-refractivity contribution in [3.8, 4) is 0 Å². The van der Waals surface area contributed by atoms with Gasteiger partial charge in [0.15, 0.2) is 5.76 Å². The second-order valence-electron chi connectivity index (χ2n) is 7.26. The molecule has 8 heteroatoms. The zero-order valence-corrected chi connectivity index (χ0v) is 17.7. The summed E-state index contributed by atoms with van der Waals surface area (Å²) in [5.41, 5.74) is 6.12. The van der Waals surface area contributed by atoms with Gasteiger partial charge in [-0.25, -0.2) is 5.43 Å². The summed E-state index contributed by atoms with van der Waals surface area (Å²) >= 11 is 5.95. The fraction of sp³-hybridized carbons (Fsp3) is 0.217. The van der Waals surface area contributed by atoms with Gasteiger partial charge in [-0.2, -0.15) is 5.10 Å². The third kappa shape index (κ3) is 4.67. The Hall–Kier alpha value is -3.45. The van der Waals surface area contributed by atoms with E-state index in [1.54, 1.807) is 36.7 Å². The van der Waals surface area contributed by atoms with Crippen LogP contribution in [0, 0.1) is 6.92 Å². The largest absolute Gasteiger partial charge is 0.455 e. The number of furan rings is 1. The van der Waals surface area contributed by atoms with Gasteiger partial charge >= 0.3 is 0 Å². The summed E-state index contributed by atoms with van der Waals surface area (Å²) in [6, 6.07) is 10.4. The Kier molecular flexibility index (Phi) is 6.13. The third-order valence-corrected chi connectivity index (χ3v) is 5.32. The lowest BCUT2D eigenvalue weighted by molar-refractivity contribution is 0.0919. The molecule has 0 unspecified atom stereocenters. The van der Waals surface area contributed by atoms with Gasteiger partial charge in [-0.3, -0.25) is 14.6 Å². The number of carbonyl (C=O) groups is 2. The van der Waals surface area contributed by atoms with Crippen LogP contribution in [0.1, 0.15) is 56.2 Å². The monoisotopic (exact) mass is 436 g/mol. The van der Waals surface area contributed by atoms with E-state index >= 15 is 0 Å². The van der Waals surface area contributed by atoms with Crippen molar-refractivity contribution in [2.45, 2.75) is 32.7 Å². The molecule has 3 aromatic rings. The number of fused-ring (bicyclic) bond motifs is 1. The molecule has 0 saturated carbocycles. The molecule has 0 aliphatic heterocycles. The Morgan fingerprint density at radius 2 is 2.06 bits per heavy atom. The Labute approximate surface area is 184 Å². The van der Waals surface area contributed by atoms with Gasteiger partial charge in [0.1, 0.15) is 5.76 Å². The average Bonchev–Trinajstić information content (AvgIpc) is 3.13. The van der Waals surface area contributed by atoms with E-state index in [1.807, 2.05) is 19.1 Å². The van der Waals surface area contributed by atoms with E-state index in [4.69, 9.17) is 16.0 Å². The highest BCUT2D eigenvalue weighted by molar-refractivity contribution is 6.31. The molecule has 158 valence electrons. The van der Waals surface area contributed by atoms with Crippen molar-refractivity contribution in [1.29, 1.82) is 0 Å². The molecular weight excluding hydrogens is 416 g/mol. The zero-order valence-electron chi connectivity index (χ0n) is 16.9. The van der Waals surface area contributed by atoms with Crippen LogP contribution >= 0.6 is 11.6 Å². The van der Waals surface area contributed by atoms with Crippen molar-refractivity contribution in [2.24, 2.45) is 5.10 Å². The maximum Gasteiger partial charge on any atom is 0.287 e. The first-order valence-electron chi connectivity index (χ1n) is 9.95. The number of rotatable bonds is 5. The quantitative estimate of drug-likeness (QED) is 0.590. The lowest BCUT2D eigenvalue weighted by atomic mass is 9.93. The van der Waals surface area contributed by atoms with Crippen molar-refractivity contribution >= 4 is 29.1 Å². The highest BCUT2D eigenvalue weighted by Crippen LogP contribution is 2.30. The molecule has 2 aromatic heterocycles.